The zero-order chi connectivity index (χ0) is 17.7. The Morgan fingerprint density at radius 3 is 2.42 bits per heavy atom. The van der Waals surface area contributed by atoms with Gasteiger partial charge in [-0.2, -0.15) is 0 Å². The zero-order valence-corrected chi connectivity index (χ0v) is 18.0. The molecule has 0 spiro atoms. The molecule has 0 saturated heterocycles. The van der Waals surface area contributed by atoms with Gasteiger partial charge in [0.15, 0.2) is 0 Å². The topological polar surface area (TPSA) is 9.23 Å². The quantitative estimate of drug-likeness (QED) is 0.397. The van der Waals surface area contributed by atoms with E-state index >= 15 is 0 Å². The molecule has 0 radical (unpaired) electrons. The summed E-state index contributed by atoms with van der Waals surface area (Å²) in [7, 11) is -1.61. The number of hydrogen-bond donors (Lipinski definition) is 0. The Labute approximate surface area is 154 Å². The van der Waals surface area contributed by atoms with E-state index in [0.29, 0.717) is 5.25 Å². The molecular formula is C21H34OSSi. The molecule has 1 aromatic carbocycles. The second-order valence-electron chi connectivity index (χ2n) is 8.57. The van der Waals surface area contributed by atoms with Crippen molar-refractivity contribution in [3.63, 3.8) is 0 Å². The summed E-state index contributed by atoms with van der Waals surface area (Å²) >= 11 is 2.00. The molecule has 1 aromatic rings. The van der Waals surface area contributed by atoms with Crippen molar-refractivity contribution >= 4 is 26.2 Å². The molecule has 3 heteroatoms. The summed E-state index contributed by atoms with van der Waals surface area (Å²) in [6, 6.07) is 10.6. The second-order valence-corrected chi connectivity index (χ2v) is 14.2. The number of rotatable bonds is 6. The van der Waals surface area contributed by atoms with Crippen LogP contribution in [0.1, 0.15) is 45.6 Å². The minimum absolute atomic E-state index is 0.681. The highest BCUT2D eigenvalue weighted by atomic mass is 32.2. The van der Waals surface area contributed by atoms with Crippen LogP contribution in [0.4, 0.5) is 0 Å². The molecule has 0 unspecified atom stereocenters. The standard InChI is InChI=1S/C21H34OSSi/c1-16(2)19-13-12-17(3)14-20(19)23-21(22-24(4,5)6)15-18-10-8-7-9-11-18/h7-11,15-17,19-20H,12-14H2,1-6H3/b21-15-/t17-,19+,20-/m1/s1. The molecule has 3 atom stereocenters. The Morgan fingerprint density at radius 1 is 1.17 bits per heavy atom. The molecule has 0 heterocycles. The van der Waals surface area contributed by atoms with Gasteiger partial charge < -0.3 is 4.43 Å². The van der Waals surface area contributed by atoms with E-state index in [4.69, 9.17) is 4.43 Å². The molecule has 134 valence electrons. The Morgan fingerprint density at radius 2 is 1.83 bits per heavy atom. The summed E-state index contributed by atoms with van der Waals surface area (Å²) in [5.41, 5.74) is 1.24. The predicted octanol–water partition coefficient (Wildman–Crippen LogP) is 7.03. The maximum Gasteiger partial charge on any atom is 0.242 e. The van der Waals surface area contributed by atoms with Gasteiger partial charge in [-0.15, -0.1) is 0 Å². The second kappa shape index (κ2) is 8.62. The van der Waals surface area contributed by atoms with Crippen LogP contribution in [0, 0.1) is 17.8 Å². The average Bonchev–Trinajstić information content (AvgIpc) is 2.46. The molecule has 0 N–H and O–H groups in total. The van der Waals surface area contributed by atoms with E-state index in [9.17, 15) is 0 Å². The average molecular weight is 363 g/mol. The molecule has 1 aliphatic carbocycles. The van der Waals surface area contributed by atoms with Crippen LogP contribution >= 0.6 is 11.8 Å². The van der Waals surface area contributed by atoms with Crippen LogP contribution in [0.5, 0.6) is 0 Å². The molecule has 1 nitrogen and oxygen atoms in total. The first-order valence-corrected chi connectivity index (χ1v) is 13.7. The molecule has 1 aliphatic rings. The van der Waals surface area contributed by atoms with Crippen molar-refractivity contribution in [3.8, 4) is 0 Å². The zero-order valence-electron chi connectivity index (χ0n) is 16.2. The maximum atomic E-state index is 6.47. The molecule has 24 heavy (non-hydrogen) atoms. The van der Waals surface area contributed by atoms with Crippen LogP contribution in [0.2, 0.25) is 19.6 Å². The Hall–Kier alpha value is -0.673. The van der Waals surface area contributed by atoms with Crippen molar-refractivity contribution in [3.05, 3.63) is 41.0 Å². The number of hydrogen-bond acceptors (Lipinski definition) is 2. The molecule has 2 rings (SSSR count). The summed E-state index contributed by atoms with van der Waals surface area (Å²) in [4.78, 5) is 0. The number of benzene rings is 1. The first-order chi connectivity index (χ1) is 11.2. The normalized spacial score (nSPS) is 25.8. The van der Waals surface area contributed by atoms with Crippen LogP contribution in [-0.4, -0.2) is 13.6 Å². The summed E-state index contributed by atoms with van der Waals surface area (Å²) in [5.74, 6) is 2.39. The highest BCUT2D eigenvalue weighted by Gasteiger charge is 2.33. The summed E-state index contributed by atoms with van der Waals surface area (Å²) < 4.78 is 6.47. The Bertz CT molecular complexity index is 533. The fourth-order valence-corrected chi connectivity index (χ4v) is 6.63. The van der Waals surface area contributed by atoms with Crippen molar-refractivity contribution in [2.24, 2.45) is 17.8 Å². The molecular weight excluding hydrogens is 328 g/mol. The molecule has 1 fully saturated rings. The van der Waals surface area contributed by atoms with Gasteiger partial charge in [-0.25, -0.2) is 0 Å². The van der Waals surface area contributed by atoms with Gasteiger partial charge in [-0.1, -0.05) is 69.3 Å². The van der Waals surface area contributed by atoms with Gasteiger partial charge in [0, 0.05) is 5.25 Å². The Balaban J connectivity index is 2.21. The van der Waals surface area contributed by atoms with Crippen molar-refractivity contribution in [2.75, 3.05) is 0 Å². The van der Waals surface area contributed by atoms with Gasteiger partial charge in [0.1, 0.15) is 5.09 Å². The third kappa shape index (κ3) is 6.32. The van der Waals surface area contributed by atoms with Crippen LogP contribution in [0.15, 0.2) is 35.4 Å². The third-order valence-corrected chi connectivity index (χ3v) is 6.98. The van der Waals surface area contributed by atoms with Crippen LogP contribution < -0.4 is 0 Å². The third-order valence-electron chi connectivity index (χ3n) is 4.72. The molecule has 0 amide bonds. The van der Waals surface area contributed by atoms with Gasteiger partial charge in [-0.3, -0.25) is 0 Å². The summed E-state index contributed by atoms with van der Waals surface area (Å²) in [6.07, 6.45) is 6.31. The van der Waals surface area contributed by atoms with Crippen LogP contribution in [0.25, 0.3) is 6.08 Å². The van der Waals surface area contributed by atoms with Crippen LogP contribution in [-0.2, 0) is 4.43 Å². The fourth-order valence-electron chi connectivity index (χ4n) is 3.47. The van der Waals surface area contributed by atoms with Crippen molar-refractivity contribution < 1.29 is 4.43 Å². The molecule has 0 bridgehead atoms. The van der Waals surface area contributed by atoms with Gasteiger partial charge in [-0.05, 0) is 61.9 Å². The van der Waals surface area contributed by atoms with E-state index in [1.54, 1.807) is 0 Å². The van der Waals surface area contributed by atoms with Crippen molar-refractivity contribution in [1.29, 1.82) is 0 Å². The van der Waals surface area contributed by atoms with E-state index in [-0.39, 0.29) is 0 Å². The lowest BCUT2D eigenvalue weighted by molar-refractivity contribution is 0.244. The molecule has 1 saturated carbocycles. The predicted molar refractivity (Wildman–Crippen MR) is 112 cm³/mol. The monoisotopic (exact) mass is 362 g/mol. The van der Waals surface area contributed by atoms with E-state index in [1.807, 2.05) is 11.8 Å². The lowest BCUT2D eigenvalue weighted by Gasteiger charge is -2.37. The maximum absolute atomic E-state index is 6.47. The van der Waals surface area contributed by atoms with Crippen LogP contribution in [0.3, 0.4) is 0 Å². The van der Waals surface area contributed by atoms with Gasteiger partial charge in [0.05, 0.1) is 0 Å². The van der Waals surface area contributed by atoms with E-state index in [0.717, 1.165) is 22.8 Å². The smallest absolute Gasteiger partial charge is 0.242 e. The lowest BCUT2D eigenvalue weighted by atomic mass is 9.77. The molecule has 0 aliphatic heterocycles. The Kier molecular flexibility index (Phi) is 7.06. The largest absolute Gasteiger partial charge is 0.540 e. The van der Waals surface area contributed by atoms with Gasteiger partial charge in [0.2, 0.25) is 8.32 Å². The van der Waals surface area contributed by atoms with E-state index in [2.05, 4.69) is 76.8 Å². The highest BCUT2D eigenvalue weighted by molar-refractivity contribution is 8.03. The first-order valence-electron chi connectivity index (χ1n) is 9.37. The minimum Gasteiger partial charge on any atom is -0.540 e. The fraction of sp³-hybridized carbons (Fsp3) is 0.619. The summed E-state index contributed by atoms with van der Waals surface area (Å²) in [6.45, 7) is 14.0. The molecule has 0 aromatic heterocycles. The SMILES string of the molecule is CC(C)[C@@H]1CC[C@@H](C)C[C@H]1S/C(=C\c1ccccc1)O[Si](C)(C)C. The van der Waals surface area contributed by atoms with Crippen molar-refractivity contribution in [2.45, 2.75) is 64.9 Å². The van der Waals surface area contributed by atoms with Gasteiger partial charge in [0.25, 0.3) is 0 Å². The first kappa shape index (κ1) is 19.6. The van der Waals surface area contributed by atoms with Crippen molar-refractivity contribution in [1.82, 2.24) is 0 Å². The minimum atomic E-state index is -1.61. The highest BCUT2D eigenvalue weighted by Crippen LogP contribution is 2.43. The van der Waals surface area contributed by atoms with E-state index in [1.165, 1.54) is 24.8 Å². The lowest BCUT2D eigenvalue weighted by Crippen LogP contribution is -2.31. The number of thioether (sulfide) groups is 1. The van der Waals surface area contributed by atoms with E-state index < -0.39 is 8.32 Å². The van der Waals surface area contributed by atoms with Gasteiger partial charge >= 0.3 is 0 Å². The summed E-state index contributed by atoms with van der Waals surface area (Å²) in [5, 5.41) is 1.81.